The van der Waals surface area contributed by atoms with E-state index < -0.39 is 0 Å². The Hall–Kier alpha value is -1.73. The van der Waals surface area contributed by atoms with Gasteiger partial charge in [0.2, 0.25) is 5.65 Å². The Bertz CT molecular complexity index is 656. The number of rotatable bonds is 7. The lowest BCUT2D eigenvalue weighted by atomic mass is 10.0. The van der Waals surface area contributed by atoms with Crippen LogP contribution in [-0.2, 0) is 0 Å². The minimum absolute atomic E-state index is 0.274. The van der Waals surface area contributed by atoms with Crippen molar-refractivity contribution in [2.75, 3.05) is 31.6 Å². The highest BCUT2D eigenvalue weighted by Crippen LogP contribution is 2.20. The molecule has 1 aliphatic heterocycles. The van der Waals surface area contributed by atoms with Crippen LogP contribution in [0.15, 0.2) is 12.4 Å². The van der Waals surface area contributed by atoms with Crippen LogP contribution in [0.25, 0.3) is 5.65 Å². The van der Waals surface area contributed by atoms with Crippen LogP contribution in [0.3, 0.4) is 0 Å². The van der Waals surface area contributed by atoms with E-state index in [0.29, 0.717) is 12.0 Å². The van der Waals surface area contributed by atoms with Gasteiger partial charge < -0.3 is 10.4 Å². The highest BCUT2D eigenvalue weighted by molar-refractivity contribution is 5.66. The quantitative estimate of drug-likeness (QED) is 0.754. The van der Waals surface area contributed by atoms with Gasteiger partial charge in [0.05, 0.1) is 18.0 Å². The number of likely N-dealkylation sites (tertiary alicyclic amines) is 1. The SMILES string of the molecule is CC(C)c1cc(NCCCN2CCCCC2CO)c2nncn2n1. The molecule has 0 saturated carbocycles. The van der Waals surface area contributed by atoms with Crippen molar-refractivity contribution in [3.05, 3.63) is 18.1 Å². The molecular weight excluding hydrogens is 304 g/mol. The van der Waals surface area contributed by atoms with Crippen LogP contribution in [0.4, 0.5) is 5.69 Å². The molecule has 2 aromatic rings. The molecule has 0 spiro atoms. The van der Waals surface area contributed by atoms with Gasteiger partial charge in [-0.05, 0) is 37.8 Å². The summed E-state index contributed by atoms with van der Waals surface area (Å²) >= 11 is 0. The summed E-state index contributed by atoms with van der Waals surface area (Å²) in [7, 11) is 0. The number of hydrogen-bond donors (Lipinski definition) is 2. The molecule has 1 aliphatic rings. The Labute approximate surface area is 143 Å². The monoisotopic (exact) mass is 332 g/mol. The van der Waals surface area contributed by atoms with E-state index in [1.165, 1.54) is 12.8 Å². The first-order valence-corrected chi connectivity index (χ1v) is 8.98. The van der Waals surface area contributed by atoms with Gasteiger partial charge in [0.15, 0.2) is 0 Å². The van der Waals surface area contributed by atoms with E-state index in [1.807, 2.05) is 0 Å². The fraction of sp³-hybridized carbons (Fsp3) is 0.706. The van der Waals surface area contributed by atoms with Crippen molar-refractivity contribution in [3.63, 3.8) is 0 Å². The second-order valence-corrected chi connectivity index (χ2v) is 6.89. The average Bonchev–Trinajstić information content (AvgIpc) is 3.07. The molecule has 1 atom stereocenters. The molecule has 0 amide bonds. The molecule has 24 heavy (non-hydrogen) atoms. The highest BCUT2D eigenvalue weighted by Gasteiger charge is 2.20. The number of anilines is 1. The van der Waals surface area contributed by atoms with Crippen LogP contribution >= 0.6 is 0 Å². The molecule has 7 heteroatoms. The van der Waals surface area contributed by atoms with Gasteiger partial charge in [0, 0.05) is 19.1 Å². The Morgan fingerprint density at radius 2 is 2.25 bits per heavy atom. The summed E-state index contributed by atoms with van der Waals surface area (Å²) in [6, 6.07) is 2.42. The van der Waals surface area contributed by atoms with E-state index in [1.54, 1.807) is 10.8 Å². The summed E-state index contributed by atoms with van der Waals surface area (Å²) in [5.74, 6) is 0.357. The number of aliphatic hydroxyl groups excluding tert-OH is 1. The third-order valence-electron chi connectivity index (χ3n) is 4.78. The predicted molar refractivity (Wildman–Crippen MR) is 94.3 cm³/mol. The number of hydrogen-bond acceptors (Lipinski definition) is 6. The topological polar surface area (TPSA) is 78.6 Å². The summed E-state index contributed by atoms with van der Waals surface area (Å²) in [6.45, 7) is 7.53. The summed E-state index contributed by atoms with van der Waals surface area (Å²) in [4.78, 5) is 2.42. The molecule has 1 fully saturated rings. The van der Waals surface area contributed by atoms with E-state index in [0.717, 1.165) is 49.5 Å². The largest absolute Gasteiger partial charge is 0.395 e. The molecule has 3 rings (SSSR count). The third kappa shape index (κ3) is 3.84. The third-order valence-corrected chi connectivity index (χ3v) is 4.78. The van der Waals surface area contributed by atoms with Crippen molar-refractivity contribution in [2.45, 2.75) is 51.5 Å². The number of nitrogens with one attached hydrogen (secondary N) is 1. The van der Waals surface area contributed by atoms with E-state index in [2.05, 4.69) is 45.4 Å². The maximum absolute atomic E-state index is 9.49. The normalized spacial score (nSPS) is 19.2. The van der Waals surface area contributed by atoms with Gasteiger partial charge in [0.1, 0.15) is 6.33 Å². The first-order chi connectivity index (χ1) is 11.7. The Balaban J connectivity index is 1.58. The van der Waals surface area contributed by atoms with Crippen LogP contribution in [0.5, 0.6) is 0 Å². The number of nitrogens with zero attached hydrogens (tertiary/aromatic N) is 5. The van der Waals surface area contributed by atoms with Crippen LogP contribution in [0, 0.1) is 0 Å². The van der Waals surface area contributed by atoms with Crippen molar-refractivity contribution in [1.29, 1.82) is 0 Å². The van der Waals surface area contributed by atoms with Gasteiger partial charge in [-0.1, -0.05) is 20.3 Å². The van der Waals surface area contributed by atoms with E-state index in [9.17, 15) is 5.11 Å². The number of piperidine rings is 1. The number of fused-ring (bicyclic) bond motifs is 1. The van der Waals surface area contributed by atoms with Crippen LogP contribution in [0.1, 0.15) is 51.1 Å². The van der Waals surface area contributed by atoms with Gasteiger partial charge in [-0.3, -0.25) is 4.90 Å². The second-order valence-electron chi connectivity index (χ2n) is 6.89. The zero-order valence-electron chi connectivity index (χ0n) is 14.6. The second kappa shape index (κ2) is 7.90. The molecule has 132 valence electrons. The molecule has 7 nitrogen and oxygen atoms in total. The molecule has 2 aromatic heterocycles. The van der Waals surface area contributed by atoms with Gasteiger partial charge in [-0.2, -0.15) is 9.61 Å². The van der Waals surface area contributed by atoms with E-state index in [4.69, 9.17) is 0 Å². The predicted octanol–water partition coefficient (Wildman–Crippen LogP) is 1.90. The Morgan fingerprint density at radius 1 is 1.38 bits per heavy atom. The summed E-state index contributed by atoms with van der Waals surface area (Å²) in [6.07, 6.45) is 6.28. The van der Waals surface area contributed by atoms with Crippen LogP contribution in [0.2, 0.25) is 0 Å². The lowest BCUT2D eigenvalue weighted by Gasteiger charge is -2.34. The first-order valence-electron chi connectivity index (χ1n) is 8.98. The fourth-order valence-electron chi connectivity index (χ4n) is 3.32. The maximum atomic E-state index is 9.49. The van der Waals surface area contributed by atoms with Crippen molar-refractivity contribution in [3.8, 4) is 0 Å². The van der Waals surface area contributed by atoms with Crippen molar-refractivity contribution >= 4 is 11.3 Å². The molecule has 0 aliphatic carbocycles. The molecule has 0 aromatic carbocycles. The Morgan fingerprint density at radius 3 is 3.04 bits per heavy atom. The minimum Gasteiger partial charge on any atom is -0.395 e. The highest BCUT2D eigenvalue weighted by atomic mass is 16.3. The molecule has 2 N–H and O–H groups in total. The van der Waals surface area contributed by atoms with Gasteiger partial charge in [-0.25, -0.2) is 0 Å². The van der Waals surface area contributed by atoms with E-state index >= 15 is 0 Å². The standard InChI is InChI=1S/C17H28N6O/c1-13(2)15-10-16(17-20-19-12-23(17)21-15)18-7-5-9-22-8-4-3-6-14(22)11-24/h10,12-14,18,24H,3-9,11H2,1-2H3. The maximum Gasteiger partial charge on any atom is 0.200 e. The van der Waals surface area contributed by atoms with Gasteiger partial charge in [-0.15, -0.1) is 10.2 Å². The minimum atomic E-state index is 0.274. The molecular formula is C17H28N6O. The number of aromatic nitrogens is 4. The Kier molecular flexibility index (Phi) is 5.63. The zero-order valence-corrected chi connectivity index (χ0v) is 14.6. The summed E-state index contributed by atoms with van der Waals surface area (Å²) in [5, 5.41) is 25.6. The van der Waals surface area contributed by atoms with Crippen LogP contribution in [-0.4, -0.2) is 62.1 Å². The van der Waals surface area contributed by atoms with Crippen molar-refractivity contribution in [1.82, 2.24) is 24.7 Å². The number of aliphatic hydroxyl groups is 1. The van der Waals surface area contributed by atoms with Gasteiger partial charge in [0.25, 0.3) is 0 Å². The molecule has 0 radical (unpaired) electrons. The average molecular weight is 332 g/mol. The molecule has 0 bridgehead atoms. The van der Waals surface area contributed by atoms with Crippen molar-refractivity contribution < 1.29 is 5.11 Å². The smallest absolute Gasteiger partial charge is 0.200 e. The lowest BCUT2D eigenvalue weighted by molar-refractivity contribution is 0.0901. The van der Waals surface area contributed by atoms with Gasteiger partial charge >= 0.3 is 0 Å². The zero-order chi connectivity index (χ0) is 16.9. The van der Waals surface area contributed by atoms with Crippen LogP contribution < -0.4 is 5.32 Å². The summed E-state index contributed by atoms with van der Waals surface area (Å²) in [5.41, 5.74) is 2.79. The van der Waals surface area contributed by atoms with Crippen molar-refractivity contribution in [2.24, 2.45) is 0 Å². The van der Waals surface area contributed by atoms with E-state index in [-0.39, 0.29) is 6.61 Å². The lowest BCUT2D eigenvalue weighted by Crippen LogP contribution is -2.42. The molecule has 1 unspecified atom stereocenters. The fourth-order valence-corrected chi connectivity index (χ4v) is 3.32. The molecule has 3 heterocycles. The first kappa shape index (κ1) is 17.1. The molecule has 1 saturated heterocycles. The summed E-state index contributed by atoms with van der Waals surface area (Å²) < 4.78 is 1.74.